The molecule has 1 rings (SSSR count). The van der Waals surface area contributed by atoms with Crippen LogP contribution in [-0.4, -0.2) is 52.1 Å². The fraction of sp³-hybridized carbons (Fsp3) is 0.222. The summed E-state index contributed by atoms with van der Waals surface area (Å²) in [5.74, 6) is -1.10. The minimum atomic E-state index is -1.10. The number of nitrogens with one attached hydrogen (secondary N) is 1. The molecule has 0 unspecified atom stereocenters. The van der Waals surface area contributed by atoms with Crippen molar-refractivity contribution in [1.82, 2.24) is 0 Å². The number of aliphatic carboxylic acids is 1. The van der Waals surface area contributed by atoms with Crippen LogP contribution in [0.3, 0.4) is 0 Å². The second kappa shape index (κ2) is 6.80. The Morgan fingerprint density at radius 3 is 2.65 bits per heavy atom. The van der Waals surface area contributed by atoms with Crippen LogP contribution in [0.1, 0.15) is 5.56 Å². The van der Waals surface area contributed by atoms with E-state index in [1.54, 1.807) is 6.92 Å². The molecule has 88 valence electrons. The maximum absolute atomic E-state index is 10.7. The fourth-order valence-corrected chi connectivity index (χ4v) is 1.29. The van der Waals surface area contributed by atoms with Crippen molar-refractivity contribution >= 4 is 58.5 Å². The Labute approximate surface area is 124 Å². The van der Waals surface area contributed by atoms with Crippen molar-refractivity contribution in [3.05, 3.63) is 32.8 Å². The van der Waals surface area contributed by atoms with Crippen LogP contribution in [0.4, 0.5) is 11.4 Å². The molecule has 0 aliphatic rings. The third-order valence-electron chi connectivity index (χ3n) is 1.90. The number of nitro benzene ring substituents is 1. The maximum atomic E-state index is 10.7. The zero-order chi connectivity index (χ0) is 12.3. The summed E-state index contributed by atoms with van der Waals surface area (Å²) in [5, 5.41) is 21.9. The molecule has 0 saturated carbocycles. The summed E-state index contributed by atoms with van der Waals surface area (Å²) in [7, 11) is 0. The van der Waals surface area contributed by atoms with Crippen molar-refractivity contribution in [2.24, 2.45) is 0 Å². The average molecular weight is 269 g/mol. The first-order chi connectivity index (χ1) is 7.41. The summed E-state index contributed by atoms with van der Waals surface area (Å²) in [6.07, 6.45) is 0. The number of carbonyl (C=O) groups is 1. The van der Waals surface area contributed by atoms with Crippen molar-refractivity contribution in [1.29, 1.82) is 0 Å². The van der Waals surface area contributed by atoms with E-state index in [9.17, 15) is 14.9 Å². The minimum absolute atomic E-state index is 0. The molecule has 0 bridgehead atoms. The monoisotopic (exact) mass is 268 g/mol. The number of aryl methyl sites for hydroxylation is 1. The van der Waals surface area contributed by atoms with E-state index in [0.29, 0.717) is 5.56 Å². The van der Waals surface area contributed by atoms with E-state index in [-0.39, 0.29) is 52.5 Å². The van der Waals surface area contributed by atoms with E-state index in [2.05, 4.69) is 5.32 Å². The molecule has 17 heavy (non-hydrogen) atoms. The van der Waals surface area contributed by atoms with E-state index in [1.807, 2.05) is 0 Å². The van der Waals surface area contributed by atoms with E-state index >= 15 is 0 Å². The summed E-state index contributed by atoms with van der Waals surface area (Å²) in [4.78, 5) is 20.4. The van der Waals surface area contributed by atoms with E-state index in [4.69, 9.17) is 16.7 Å². The Kier molecular flexibility index (Phi) is 6.48. The summed E-state index contributed by atoms with van der Waals surface area (Å²) in [6.45, 7) is 1.29. The molecule has 8 heteroatoms. The van der Waals surface area contributed by atoms with Gasteiger partial charge in [0.15, 0.2) is 0 Å². The second-order valence-electron chi connectivity index (χ2n) is 3.12. The van der Waals surface area contributed by atoms with Gasteiger partial charge in [0.05, 0.1) is 9.95 Å². The van der Waals surface area contributed by atoms with Crippen LogP contribution >= 0.6 is 11.6 Å². The number of nitro groups is 1. The van der Waals surface area contributed by atoms with Gasteiger partial charge in [-0.3, -0.25) is 14.9 Å². The van der Waals surface area contributed by atoms with E-state index in [0.717, 1.165) is 0 Å². The summed E-state index contributed by atoms with van der Waals surface area (Å²) in [5.41, 5.74) is 0.548. The first-order valence-electron chi connectivity index (χ1n) is 4.32. The van der Waals surface area contributed by atoms with Gasteiger partial charge in [-0.05, 0) is 18.6 Å². The van der Waals surface area contributed by atoms with Gasteiger partial charge in [-0.2, -0.15) is 0 Å². The Morgan fingerprint density at radius 2 is 2.18 bits per heavy atom. The predicted molar refractivity (Wildman–Crippen MR) is 66.1 cm³/mol. The van der Waals surface area contributed by atoms with E-state index < -0.39 is 10.9 Å². The Morgan fingerprint density at radius 1 is 1.59 bits per heavy atom. The van der Waals surface area contributed by atoms with Crippen LogP contribution in [0.25, 0.3) is 0 Å². The molecular weight excluding hydrogens is 259 g/mol. The molecular formula is C9H10ClN2NaO4. The van der Waals surface area contributed by atoms with Gasteiger partial charge >= 0.3 is 35.5 Å². The van der Waals surface area contributed by atoms with Crippen LogP contribution in [0.15, 0.2) is 12.1 Å². The van der Waals surface area contributed by atoms with Crippen molar-refractivity contribution in [2.45, 2.75) is 6.92 Å². The molecule has 0 heterocycles. The molecule has 0 atom stereocenters. The van der Waals surface area contributed by atoms with Gasteiger partial charge in [0.1, 0.15) is 12.2 Å². The molecule has 2 N–H and O–H groups in total. The zero-order valence-corrected chi connectivity index (χ0v) is 9.11. The number of hydrogen-bond acceptors (Lipinski definition) is 4. The quantitative estimate of drug-likeness (QED) is 0.489. The molecule has 6 nitrogen and oxygen atoms in total. The number of rotatable bonds is 4. The first-order valence-corrected chi connectivity index (χ1v) is 4.70. The number of hydrogen-bond donors (Lipinski definition) is 2. The number of carboxylic acids is 1. The number of halogens is 1. The van der Waals surface area contributed by atoms with Gasteiger partial charge in [0.25, 0.3) is 5.69 Å². The van der Waals surface area contributed by atoms with Gasteiger partial charge in [-0.15, -0.1) is 0 Å². The second-order valence-corrected chi connectivity index (χ2v) is 3.53. The first kappa shape index (κ1) is 16.2. The van der Waals surface area contributed by atoms with E-state index in [1.165, 1.54) is 12.1 Å². The number of carboxylic acid groups (broad SMARTS) is 1. The standard InChI is InChI=1S/C9H9ClN2O4.Na.H/c1-5-2-7(11-4-9(13)14)8(12(15)16)3-6(5)10;;/h2-3,11H,4H2,1H3,(H,13,14);;. The Hall–Kier alpha value is -0.820. The molecule has 0 amide bonds. The SMILES string of the molecule is Cc1cc(NCC(=O)O)c([N+](=O)[O-])cc1Cl.[NaH]. The van der Waals surface area contributed by atoms with Gasteiger partial charge in [0.2, 0.25) is 0 Å². The number of benzene rings is 1. The summed E-state index contributed by atoms with van der Waals surface area (Å²) in [6, 6.07) is 2.64. The topological polar surface area (TPSA) is 92.5 Å². The molecule has 0 saturated heterocycles. The molecule has 0 fully saturated rings. The van der Waals surface area contributed by atoms with Crippen LogP contribution in [0, 0.1) is 17.0 Å². The van der Waals surface area contributed by atoms with Gasteiger partial charge < -0.3 is 10.4 Å². The van der Waals surface area contributed by atoms with Gasteiger partial charge in [-0.1, -0.05) is 11.6 Å². The number of nitrogens with zero attached hydrogens (tertiary/aromatic N) is 1. The summed E-state index contributed by atoms with van der Waals surface area (Å²) < 4.78 is 0. The molecule has 1 aromatic carbocycles. The van der Waals surface area contributed by atoms with Crippen molar-refractivity contribution in [3.63, 3.8) is 0 Å². The fourth-order valence-electron chi connectivity index (χ4n) is 1.13. The molecule has 0 spiro atoms. The average Bonchev–Trinajstić information content (AvgIpc) is 2.18. The third-order valence-corrected chi connectivity index (χ3v) is 2.31. The van der Waals surface area contributed by atoms with Crippen molar-refractivity contribution in [3.8, 4) is 0 Å². The van der Waals surface area contributed by atoms with Crippen LogP contribution in [0.5, 0.6) is 0 Å². The molecule has 0 aromatic heterocycles. The van der Waals surface area contributed by atoms with Crippen LogP contribution in [0.2, 0.25) is 5.02 Å². The normalized spacial score (nSPS) is 9.29. The summed E-state index contributed by atoms with van der Waals surface area (Å²) >= 11 is 5.74. The molecule has 0 aliphatic carbocycles. The molecule has 0 aliphatic heterocycles. The molecule has 0 radical (unpaired) electrons. The van der Waals surface area contributed by atoms with Crippen LogP contribution < -0.4 is 5.32 Å². The number of anilines is 1. The predicted octanol–water partition coefficient (Wildman–Crippen LogP) is 1.40. The Balaban J connectivity index is 0.00000256. The third kappa shape index (κ3) is 4.51. The van der Waals surface area contributed by atoms with Gasteiger partial charge in [-0.25, -0.2) is 0 Å². The molecule has 1 aromatic rings. The van der Waals surface area contributed by atoms with Crippen LogP contribution in [-0.2, 0) is 4.79 Å². The zero-order valence-electron chi connectivity index (χ0n) is 8.36. The Bertz CT molecular complexity index is 453. The van der Waals surface area contributed by atoms with Gasteiger partial charge in [0, 0.05) is 6.07 Å². The van der Waals surface area contributed by atoms with Crippen molar-refractivity contribution in [2.75, 3.05) is 11.9 Å². The van der Waals surface area contributed by atoms with Crippen molar-refractivity contribution < 1.29 is 14.8 Å².